The van der Waals surface area contributed by atoms with Crippen LogP contribution >= 0.6 is 11.3 Å². The van der Waals surface area contributed by atoms with Crippen molar-refractivity contribution in [2.24, 2.45) is 0 Å². The number of amides is 2. The minimum atomic E-state index is -1.05. The van der Waals surface area contributed by atoms with Crippen LogP contribution in [0.5, 0.6) is 0 Å². The van der Waals surface area contributed by atoms with E-state index in [0.29, 0.717) is 29.3 Å². The number of hydrogen-bond acceptors (Lipinski definition) is 4. The van der Waals surface area contributed by atoms with Gasteiger partial charge in [0.2, 0.25) is 0 Å². The largest absolute Gasteiger partial charge is 0.352 e. The third kappa shape index (κ3) is 4.66. The van der Waals surface area contributed by atoms with E-state index in [1.54, 1.807) is 24.5 Å². The monoisotopic (exact) mass is 414 g/mol. The number of rotatable bonds is 7. The minimum absolute atomic E-state index is 0.132. The van der Waals surface area contributed by atoms with Gasteiger partial charge in [0.15, 0.2) is 0 Å². The molecule has 3 aromatic rings. The van der Waals surface area contributed by atoms with Crippen molar-refractivity contribution in [3.63, 3.8) is 0 Å². The summed E-state index contributed by atoms with van der Waals surface area (Å²) in [7, 11) is -1.05. The highest BCUT2D eigenvalue weighted by molar-refractivity contribution is 7.83. The van der Waals surface area contributed by atoms with E-state index in [9.17, 15) is 13.8 Å². The highest BCUT2D eigenvalue weighted by Crippen LogP contribution is 2.32. The van der Waals surface area contributed by atoms with Gasteiger partial charge in [-0.25, -0.2) is 0 Å². The summed E-state index contributed by atoms with van der Waals surface area (Å²) in [6.07, 6.45) is 1.64. The first-order chi connectivity index (χ1) is 13.5. The summed E-state index contributed by atoms with van der Waals surface area (Å²) in [4.78, 5) is 25.4. The predicted molar refractivity (Wildman–Crippen MR) is 115 cm³/mol. The maximum Gasteiger partial charge on any atom is 0.261 e. The Bertz CT molecular complexity index is 1040. The molecule has 5 nitrogen and oxygen atoms in total. The van der Waals surface area contributed by atoms with Crippen molar-refractivity contribution in [3.05, 3.63) is 70.1 Å². The minimum Gasteiger partial charge on any atom is -0.352 e. The highest BCUT2D eigenvalue weighted by Gasteiger charge is 2.19. The van der Waals surface area contributed by atoms with Crippen molar-refractivity contribution in [2.75, 3.05) is 12.8 Å². The quantitative estimate of drug-likeness (QED) is 0.622. The van der Waals surface area contributed by atoms with Gasteiger partial charge in [-0.05, 0) is 41.6 Å². The normalized spacial score (nSPS) is 11.9. The molecule has 3 rings (SSSR count). The summed E-state index contributed by atoms with van der Waals surface area (Å²) in [6, 6.07) is 15.0. The topological polar surface area (TPSA) is 75.3 Å². The molecule has 2 aromatic carbocycles. The Morgan fingerprint density at radius 1 is 1.04 bits per heavy atom. The lowest BCUT2D eigenvalue weighted by Crippen LogP contribution is -2.24. The first kappa shape index (κ1) is 20.2. The van der Waals surface area contributed by atoms with Crippen LogP contribution in [0.15, 0.2) is 48.5 Å². The summed E-state index contributed by atoms with van der Waals surface area (Å²) in [5, 5.41) is 6.67. The zero-order valence-electron chi connectivity index (χ0n) is 15.8. The molecule has 0 aliphatic heterocycles. The molecule has 0 bridgehead atoms. The average molecular weight is 415 g/mol. The molecule has 7 heteroatoms. The maximum absolute atomic E-state index is 12.8. The van der Waals surface area contributed by atoms with Gasteiger partial charge < -0.3 is 10.6 Å². The zero-order chi connectivity index (χ0) is 20.1. The Labute approximate surface area is 170 Å². The maximum atomic E-state index is 12.8. The number of benzene rings is 2. The third-order valence-corrected chi connectivity index (χ3v) is 6.14. The summed E-state index contributed by atoms with van der Waals surface area (Å²) in [5.41, 5.74) is 2.24. The summed E-state index contributed by atoms with van der Waals surface area (Å²) < 4.78 is 12.8. The number of nitrogens with one attached hydrogen (secondary N) is 2. The SMILES string of the molecule is CCNC(=O)c1cccc(CNC(=O)c2sc3ccccc3c2C[S@](C)=O)c1. The van der Waals surface area contributed by atoms with Crippen molar-refractivity contribution in [1.29, 1.82) is 0 Å². The second kappa shape index (κ2) is 9.12. The molecule has 0 unspecified atom stereocenters. The molecule has 0 aliphatic rings. The van der Waals surface area contributed by atoms with Gasteiger partial charge in [-0.15, -0.1) is 11.3 Å². The van der Waals surface area contributed by atoms with Crippen LogP contribution in [0.2, 0.25) is 0 Å². The molecule has 0 spiro atoms. The number of carbonyl (C=O) groups excluding carboxylic acids is 2. The van der Waals surface area contributed by atoms with Gasteiger partial charge in [0.1, 0.15) is 0 Å². The Morgan fingerprint density at radius 3 is 2.57 bits per heavy atom. The molecule has 0 aliphatic carbocycles. The van der Waals surface area contributed by atoms with Crippen LogP contribution in [0.1, 0.15) is 38.1 Å². The van der Waals surface area contributed by atoms with Gasteiger partial charge in [-0.2, -0.15) is 0 Å². The van der Waals surface area contributed by atoms with Crippen LogP contribution in [0.4, 0.5) is 0 Å². The molecule has 1 heterocycles. The van der Waals surface area contributed by atoms with Crippen molar-refractivity contribution in [1.82, 2.24) is 10.6 Å². The molecule has 2 amide bonds. The second-order valence-corrected chi connectivity index (χ2v) is 8.85. The first-order valence-corrected chi connectivity index (χ1v) is 11.5. The second-order valence-electron chi connectivity index (χ2n) is 6.37. The molecule has 0 radical (unpaired) electrons. The first-order valence-electron chi connectivity index (χ1n) is 8.95. The molecule has 28 heavy (non-hydrogen) atoms. The Morgan fingerprint density at radius 2 is 1.82 bits per heavy atom. The van der Waals surface area contributed by atoms with Crippen LogP contribution in [-0.2, 0) is 23.1 Å². The molecule has 0 saturated carbocycles. The lowest BCUT2D eigenvalue weighted by atomic mass is 10.1. The summed E-state index contributed by atoms with van der Waals surface area (Å²) in [6.45, 7) is 2.75. The van der Waals surface area contributed by atoms with Gasteiger partial charge in [0, 0.05) is 40.4 Å². The van der Waals surface area contributed by atoms with Crippen molar-refractivity contribution >= 4 is 44.0 Å². The van der Waals surface area contributed by atoms with E-state index in [0.717, 1.165) is 21.2 Å². The molecule has 0 saturated heterocycles. The van der Waals surface area contributed by atoms with Gasteiger partial charge in [-0.3, -0.25) is 13.8 Å². The van der Waals surface area contributed by atoms with E-state index in [-0.39, 0.29) is 11.8 Å². The molecule has 1 atom stereocenters. The molecule has 2 N–H and O–H groups in total. The van der Waals surface area contributed by atoms with E-state index in [4.69, 9.17) is 0 Å². The zero-order valence-corrected chi connectivity index (χ0v) is 17.4. The van der Waals surface area contributed by atoms with Crippen molar-refractivity contribution < 1.29 is 13.8 Å². The highest BCUT2D eigenvalue weighted by atomic mass is 32.2. The van der Waals surface area contributed by atoms with E-state index in [2.05, 4.69) is 10.6 Å². The van der Waals surface area contributed by atoms with Crippen molar-refractivity contribution in [3.8, 4) is 0 Å². The third-order valence-electron chi connectivity index (χ3n) is 4.23. The number of thiophene rings is 1. The van der Waals surface area contributed by atoms with E-state index in [1.807, 2.05) is 37.3 Å². The summed E-state index contributed by atoms with van der Waals surface area (Å²) >= 11 is 1.41. The van der Waals surface area contributed by atoms with Crippen LogP contribution in [0, 0.1) is 0 Å². The van der Waals surface area contributed by atoms with Gasteiger partial charge in [-0.1, -0.05) is 30.3 Å². The van der Waals surface area contributed by atoms with Gasteiger partial charge in [0.05, 0.1) is 10.6 Å². The fourth-order valence-electron chi connectivity index (χ4n) is 2.98. The van der Waals surface area contributed by atoms with Crippen LogP contribution < -0.4 is 10.6 Å². The predicted octanol–water partition coefficient (Wildman–Crippen LogP) is 3.46. The fraction of sp³-hybridized carbons (Fsp3) is 0.238. The lowest BCUT2D eigenvalue weighted by Gasteiger charge is -2.08. The standard InChI is InChI=1S/C21H22N2O3S2/c1-3-22-20(24)15-8-6-7-14(11-15)12-23-21(25)19-17(13-28(2)26)16-9-4-5-10-18(16)27-19/h4-11H,3,12-13H2,1-2H3,(H,22,24)(H,23,25)/t28-/m0/s1. The number of fused-ring (bicyclic) bond motifs is 1. The van der Waals surface area contributed by atoms with E-state index < -0.39 is 10.8 Å². The molecular formula is C21H22N2O3S2. The fourth-order valence-corrected chi connectivity index (χ4v) is 4.91. The Balaban J connectivity index is 1.79. The molecule has 0 fully saturated rings. The Hall–Kier alpha value is -2.51. The van der Waals surface area contributed by atoms with Gasteiger partial charge in [0.25, 0.3) is 11.8 Å². The number of hydrogen-bond donors (Lipinski definition) is 2. The smallest absolute Gasteiger partial charge is 0.261 e. The van der Waals surface area contributed by atoms with E-state index in [1.165, 1.54) is 11.3 Å². The van der Waals surface area contributed by atoms with Crippen molar-refractivity contribution in [2.45, 2.75) is 19.2 Å². The van der Waals surface area contributed by atoms with Crippen LogP contribution in [0.25, 0.3) is 10.1 Å². The van der Waals surface area contributed by atoms with Crippen LogP contribution in [0.3, 0.4) is 0 Å². The summed E-state index contributed by atoms with van der Waals surface area (Å²) in [5.74, 6) is 0.0253. The van der Waals surface area contributed by atoms with Crippen LogP contribution in [-0.4, -0.2) is 28.8 Å². The van der Waals surface area contributed by atoms with Gasteiger partial charge >= 0.3 is 0 Å². The molecule has 1 aromatic heterocycles. The van der Waals surface area contributed by atoms with E-state index >= 15 is 0 Å². The Kier molecular flexibility index (Phi) is 6.59. The average Bonchev–Trinajstić information content (AvgIpc) is 3.04. The molecular weight excluding hydrogens is 392 g/mol. The number of carbonyl (C=O) groups is 2. The molecule has 146 valence electrons. The lowest BCUT2D eigenvalue weighted by molar-refractivity contribution is 0.0949.